The lowest BCUT2D eigenvalue weighted by Crippen LogP contribution is -2.28. The van der Waals surface area contributed by atoms with E-state index in [-0.39, 0.29) is 23.5 Å². The molecule has 1 aliphatic carbocycles. The molecule has 130 valence electrons. The monoisotopic (exact) mass is 372 g/mol. The molecule has 1 aromatic rings. The van der Waals surface area contributed by atoms with Crippen LogP contribution >= 0.6 is 23.2 Å². The predicted molar refractivity (Wildman–Crippen MR) is 89.2 cm³/mol. The van der Waals surface area contributed by atoms with Crippen LogP contribution in [0, 0.1) is 17.3 Å². The fraction of sp³-hybridized carbons (Fsp3) is 0.471. The SMILES string of the molecule is CC1(C)C(COC(=O)CC(C(=O)O)C(=O)c2ccccc2)C1(Cl)Cl. The summed E-state index contributed by atoms with van der Waals surface area (Å²) in [4.78, 5) is 35.5. The van der Waals surface area contributed by atoms with Crippen molar-refractivity contribution in [1.29, 1.82) is 0 Å². The van der Waals surface area contributed by atoms with Crippen LogP contribution in [0.1, 0.15) is 30.6 Å². The summed E-state index contributed by atoms with van der Waals surface area (Å²) < 4.78 is 4.11. The summed E-state index contributed by atoms with van der Waals surface area (Å²) in [5.74, 6) is -4.47. The Hall–Kier alpha value is -1.59. The molecular formula is C17H18Cl2O5. The van der Waals surface area contributed by atoms with Crippen LogP contribution < -0.4 is 0 Å². The Morgan fingerprint density at radius 1 is 1.21 bits per heavy atom. The van der Waals surface area contributed by atoms with Gasteiger partial charge in [0.2, 0.25) is 0 Å². The summed E-state index contributed by atoms with van der Waals surface area (Å²) in [5, 5.41) is 9.24. The summed E-state index contributed by atoms with van der Waals surface area (Å²) in [5.41, 5.74) is -0.149. The van der Waals surface area contributed by atoms with Crippen molar-refractivity contribution in [3.8, 4) is 0 Å². The minimum absolute atomic E-state index is 0.00923. The molecule has 0 aromatic heterocycles. The molecule has 0 saturated heterocycles. The molecule has 1 saturated carbocycles. The number of ether oxygens (including phenoxy) is 1. The highest BCUT2D eigenvalue weighted by molar-refractivity contribution is 6.51. The Kier molecular flexibility index (Phi) is 5.25. The van der Waals surface area contributed by atoms with Crippen molar-refractivity contribution < 1.29 is 24.2 Å². The Balaban J connectivity index is 1.95. The van der Waals surface area contributed by atoms with Gasteiger partial charge in [-0.1, -0.05) is 44.2 Å². The van der Waals surface area contributed by atoms with Gasteiger partial charge >= 0.3 is 11.9 Å². The highest BCUT2D eigenvalue weighted by Crippen LogP contribution is 2.68. The zero-order valence-corrected chi connectivity index (χ0v) is 14.8. The van der Waals surface area contributed by atoms with Gasteiger partial charge in [-0.3, -0.25) is 14.4 Å². The number of alkyl halides is 2. The molecule has 0 radical (unpaired) electrons. The van der Waals surface area contributed by atoms with E-state index in [0.717, 1.165) is 0 Å². The smallest absolute Gasteiger partial charge is 0.315 e. The Bertz CT molecular complexity index is 640. The van der Waals surface area contributed by atoms with E-state index in [1.54, 1.807) is 18.2 Å². The maximum Gasteiger partial charge on any atom is 0.315 e. The van der Waals surface area contributed by atoms with E-state index in [1.807, 2.05) is 13.8 Å². The standard InChI is InChI=1S/C17H18Cl2O5/c1-16(2)12(17(16,18)19)9-24-13(20)8-11(15(22)23)14(21)10-6-4-3-5-7-10/h3-7,11-12H,8-9H2,1-2H3,(H,22,23). The first-order chi connectivity index (χ1) is 11.1. The molecule has 2 rings (SSSR count). The van der Waals surface area contributed by atoms with Crippen molar-refractivity contribution in [1.82, 2.24) is 0 Å². The van der Waals surface area contributed by atoms with E-state index in [2.05, 4.69) is 0 Å². The number of hydrogen-bond donors (Lipinski definition) is 1. The van der Waals surface area contributed by atoms with Gasteiger partial charge in [-0.15, -0.1) is 23.2 Å². The lowest BCUT2D eigenvalue weighted by Gasteiger charge is -2.11. The minimum atomic E-state index is -1.48. The number of benzene rings is 1. The van der Waals surface area contributed by atoms with E-state index in [1.165, 1.54) is 12.1 Å². The third-order valence-corrected chi connectivity index (χ3v) is 6.04. The first kappa shape index (κ1) is 18.7. The predicted octanol–water partition coefficient (Wildman–Crippen LogP) is 3.33. The highest BCUT2D eigenvalue weighted by atomic mass is 35.5. The van der Waals surface area contributed by atoms with Gasteiger partial charge < -0.3 is 9.84 Å². The molecule has 0 heterocycles. The van der Waals surface area contributed by atoms with Crippen molar-refractivity contribution in [3.63, 3.8) is 0 Å². The van der Waals surface area contributed by atoms with E-state index in [9.17, 15) is 19.5 Å². The van der Waals surface area contributed by atoms with Gasteiger partial charge in [0.05, 0.1) is 13.0 Å². The number of hydrogen-bond acceptors (Lipinski definition) is 4. The van der Waals surface area contributed by atoms with Crippen molar-refractivity contribution in [2.24, 2.45) is 17.3 Å². The van der Waals surface area contributed by atoms with Crippen LogP contribution in [0.15, 0.2) is 30.3 Å². The Morgan fingerprint density at radius 3 is 2.21 bits per heavy atom. The van der Waals surface area contributed by atoms with Crippen LogP contribution in [0.2, 0.25) is 0 Å². The Labute approximate surface area is 149 Å². The van der Waals surface area contributed by atoms with Gasteiger partial charge in [0.1, 0.15) is 10.3 Å². The average Bonchev–Trinajstić information content (AvgIpc) is 2.91. The molecule has 1 aliphatic rings. The topological polar surface area (TPSA) is 80.7 Å². The number of carbonyl (C=O) groups excluding carboxylic acids is 2. The van der Waals surface area contributed by atoms with Crippen molar-refractivity contribution in [2.45, 2.75) is 24.6 Å². The van der Waals surface area contributed by atoms with Crippen LogP contribution in [-0.2, 0) is 14.3 Å². The first-order valence-corrected chi connectivity index (χ1v) is 8.20. The molecule has 5 nitrogen and oxygen atoms in total. The number of carboxylic acids is 1. The fourth-order valence-corrected chi connectivity index (χ4v) is 3.39. The van der Waals surface area contributed by atoms with Crippen LogP contribution in [0.4, 0.5) is 0 Å². The number of Topliss-reactive ketones (excluding diaryl/α,β-unsaturated/α-hetero) is 1. The van der Waals surface area contributed by atoms with Gasteiger partial charge in [-0.2, -0.15) is 0 Å². The number of carbonyl (C=O) groups is 3. The summed E-state index contributed by atoms with van der Waals surface area (Å²) in [6, 6.07) is 7.97. The number of rotatable bonds is 7. The van der Waals surface area contributed by atoms with Gasteiger partial charge in [0, 0.05) is 16.9 Å². The van der Waals surface area contributed by atoms with E-state index >= 15 is 0 Å². The van der Waals surface area contributed by atoms with Crippen LogP contribution in [-0.4, -0.2) is 33.8 Å². The second kappa shape index (κ2) is 6.73. The molecule has 2 atom stereocenters. The van der Waals surface area contributed by atoms with Gasteiger partial charge in [0.25, 0.3) is 0 Å². The van der Waals surface area contributed by atoms with E-state index < -0.39 is 34.4 Å². The zero-order chi connectivity index (χ0) is 18.1. The third-order valence-electron chi connectivity index (χ3n) is 4.54. The molecule has 24 heavy (non-hydrogen) atoms. The maximum absolute atomic E-state index is 12.2. The second-order valence-corrected chi connectivity index (χ2v) is 7.79. The summed E-state index contributed by atoms with van der Waals surface area (Å²) in [7, 11) is 0. The van der Waals surface area contributed by atoms with Gasteiger partial charge in [-0.05, 0) is 0 Å². The molecular weight excluding hydrogens is 355 g/mol. The summed E-state index contributed by atoms with van der Waals surface area (Å²) >= 11 is 12.2. The zero-order valence-electron chi connectivity index (χ0n) is 13.3. The van der Waals surface area contributed by atoms with Crippen LogP contribution in [0.25, 0.3) is 0 Å². The van der Waals surface area contributed by atoms with Gasteiger partial charge in [-0.25, -0.2) is 0 Å². The quantitative estimate of drug-likeness (QED) is 0.343. The second-order valence-electron chi connectivity index (χ2n) is 6.41. The molecule has 1 N–H and O–H groups in total. The average molecular weight is 373 g/mol. The third kappa shape index (κ3) is 3.57. The summed E-state index contributed by atoms with van der Waals surface area (Å²) in [6.45, 7) is 3.69. The highest BCUT2D eigenvalue weighted by Gasteiger charge is 2.70. The maximum atomic E-state index is 12.2. The van der Waals surface area contributed by atoms with Crippen molar-refractivity contribution >= 4 is 40.9 Å². The number of halogens is 2. The number of carboxylic acid groups (broad SMARTS) is 1. The van der Waals surface area contributed by atoms with E-state index in [0.29, 0.717) is 0 Å². The van der Waals surface area contributed by atoms with E-state index in [4.69, 9.17) is 27.9 Å². The minimum Gasteiger partial charge on any atom is -0.481 e. The molecule has 0 bridgehead atoms. The van der Waals surface area contributed by atoms with Gasteiger partial charge in [0.15, 0.2) is 5.78 Å². The summed E-state index contributed by atoms with van der Waals surface area (Å²) in [6.07, 6.45) is -0.534. The molecule has 0 aliphatic heterocycles. The normalized spacial score (nSPS) is 21.6. The molecule has 0 spiro atoms. The van der Waals surface area contributed by atoms with Crippen LogP contribution in [0.3, 0.4) is 0 Å². The molecule has 0 amide bonds. The molecule has 7 heteroatoms. The Morgan fingerprint density at radius 2 is 1.75 bits per heavy atom. The lowest BCUT2D eigenvalue weighted by molar-refractivity contribution is -0.150. The van der Waals surface area contributed by atoms with Crippen LogP contribution in [0.5, 0.6) is 0 Å². The number of ketones is 1. The largest absolute Gasteiger partial charge is 0.481 e. The molecule has 1 aromatic carbocycles. The number of esters is 1. The fourth-order valence-electron chi connectivity index (χ4n) is 2.57. The number of aliphatic carboxylic acids is 1. The van der Waals surface area contributed by atoms with Crippen molar-refractivity contribution in [2.75, 3.05) is 6.61 Å². The molecule has 2 unspecified atom stereocenters. The van der Waals surface area contributed by atoms with Crippen molar-refractivity contribution in [3.05, 3.63) is 35.9 Å². The lowest BCUT2D eigenvalue weighted by atomic mass is 9.95. The molecule has 1 fully saturated rings. The first-order valence-electron chi connectivity index (χ1n) is 7.44.